The molecule has 0 aliphatic rings. The fourth-order valence-electron chi connectivity index (χ4n) is 3.12. The number of carboxylic acid groups (broad SMARTS) is 1. The van der Waals surface area contributed by atoms with E-state index < -0.39 is 11.9 Å². The lowest BCUT2D eigenvalue weighted by Gasteiger charge is -2.11. The predicted octanol–water partition coefficient (Wildman–Crippen LogP) is 4.02. The van der Waals surface area contributed by atoms with Crippen molar-refractivity contribution in [3.63, 3.8) is 0 Å². The van der Waals surface area contributed by atoms with E-state index in [1.807, 2.05) is 24.3 Å². The molecule has 0 amide bonds. The molecule has 2 aromatic carbocycles. The third kappa shape index (κ3) is 3.34. The Balaban J connectivity index is 1.77. The number of hydrogen-bond acceptors (Lipinski definition) is 6. The lowest BCUT2D eigenvalue weighted by Crippen LogP contribution is -2.14. The summed E-state index contributed by atoms with van der Waals surface area (Å²) in [5.74, 6) is -1.67. The minimum Gasteiger partial charge on any atom is -0.497 e. The summed E-state index contributed by atoms with van der Waals surface area (Å²) in [6, 6.07) is 13.9. The molecule has 7 nitrogen and oxygen atoms in total. The molecule has 0 bridgehead atoms. The Bertz CT molecular complexity index is 1280. The minimum absolute atomic E-state index is 0.217. The monoisotopic (exact) mass is 388 g/mol. The SMILES string of the molecule is COc1ccc2nc(OC(=O)c3cnc4ccccc4c3C)c(C(=O)O)cc2c1. The number of carbonyl (C=O) groups excluding carboxylic acids is 1. The summed E-state index contributed by atoms with van der Waals surface area (Å²) in [7, 11) is 1.52. The Morgan fingerprint density at radius 2 is 1.79 bits per heavy atom. The van der Waals surface area contributed by atoms with Gasteiger partial charge in [-0.2, -0.15) is 0 Å². The average Bonchev–Trinajstić information content (AvgIpc) is 2.73. The van der Waals surface area contributed by atoms with Crippen LogP contribution in [-0.4, -0.2) is 34.1 Å². The van der Waals surface area contributed by atoms with Gasteiger partial charge in [0.05, 0.1) is 23.7 Å². The van der Waals surface area contributed by atoms with Crippen LogP contribution in [0.3, 0.4) is 0 Å². The van der Waals surface area contributed by atoms with Crippen LogP contribution in [0.1, 0.15) is 26.3 Å². The number of benzene rings is 2. The summed E-state index contributed by atoms with van der Waals surface area (Å²) < 4.78 is 10.5. The fraction of sp³-hybridized carbons (Fsp3) is 0.0909. The first-order valence-electron chi connectivity index (χ1n) is 8.76. The largest absolute Gasteiger partial charge is 0.497 e. The second-order valence-electron chi connectivity index (χ2n) is 6.41. The average molecular weight is 388 g/mol. The van der Waals surface area contributed by atoms with E-state index in [2.05, 4.69) is 9.97 Å². The first kappa shape index (κ1) is 18.4. The molecule has 0 aliphatic heterocycles. The van der Waals surface area contributed by atoms with Crippen molar-refractivity contribution in [2.45, 2.75) is 6.92 Å². The first-order valence-corrected chi connectivity index (χ1v) is 8.76. The van der Waals surface area contributed by atoms with E-state index in [1.54, 1.807) is 25.1 Å². The van der Waals surface area contributed by atoms with Gasteiger partial charge >= 0.3 is 11.9 Å². The smallest absolute Gasteiger partial charge is 0.346 e. The van der Waals surface area contributed by atoms with Crippen molar-refractivity contribution >= 4 is 33.7 Å². The second-order valence-corrected chi connectivity index (χ2v) is 6.41. The zero-order valence-electron chi connectivity index (χ0n) is 15.7. The molecule has 1 N–H and O–H groups in total. The van der Waals surface area contributed by atoms with E-state index in [0.29, 0.717) is 22.2 Å². The van der Waals surface area contributed by atoms with Gasteiger partial charge in [0.2, 0.25) is 5.88 Å². The van der Waals surface area contributed by atoms with Crippen LogP contribution in [-0.2, 0) is 0 Å². The van der Waals surface area contributed by atoms with Gasteiger partial charge in [0, 0.05) is 17.0 Å². The molecule has 0 saturated heterocycles. The number of aryl methyl sites for hydroxylation is 1. The Morgan fingerprint density at radius 3 is 2.55 bits per heavy atom. The van der Waals surface area contributed by atoms with Gasteiger partial charge in [-0.15, -0.1) is 0 Å². The van der Waals surface area contributed by atoms with Crippen molar-refractivity contribution in [3.05, 3.63) is 71.4 Å². The van der Waals surface area contributed by atoms with E-state index >= 15 is 0 Å². The quantitative estimate of drug-likeness (QED) is 0.527. The molecule has 0 radical (unpaired) electrons. The number of carbonyl (C=O) groups is 2. The van der Waals surface area contributed by atoms with E-state index in [4.69, 9.17) is 9.47 Å². The van der Waals surface area contributed by atoms with Crippen LogP contribution in [0, 0.1) is 6.92 Å². The molecule has 0 aliphatic carbocycles. The number of para-hydroxylation sites is 1. The van der Waals surface area contributed by atoms with Gasteiger partial charge in [-0.1, -0.05) is 18.2 Å². The highest BCUT2D eigenvalue weighted by atomic mass is 16.5. The molecular formula is C22H16N2O5. The van der Waals surface area contributed by atoms with E-state index in [9.17, 15) is 14.7 Å². The summed E-state index contributed by atoms with van der Waals surface area (Å²) >= 11 is 0. The third-order valence-electron chi connectivity index (χ3n) is 4.67. The maximum atomic E-state index is 12.8. The van der Waals surface area contributed by atoms with Crippen molar-refractivity contribution in [2.75, 3.05) is 7.11 Å². The van der Waals surface area contributed by atoms with Gasteiger partial charge in [0.15, 0.2) is 0 Å². The van der Waals surface area contributed by atoms with Gasteiger partial charge in [0.1, 0.15) is 11.3 Å². The molecule has 7 heteroatoms. The topological polar surface area (TPSA) is 98.6 Å². The zero-order valence-corrected chi connectivity index (χ0v) is 15.7. The highest BCUT2D eigenvalue weighted by Crippen LogP contribution is 2.27. The highest BCUT2D eigenvalue weighted by molar-refractivity contribution is 6.00. The van der Waals surface area contributed by atoms with Crippen molar-refractivity contribution in [1.82, 2.24) is 9.97 Å². The van der Waals surface area contributed by atoms with Gasteiger partial charge < -0.3 is 14.6 Å². The lowest BCUT2D eigenvalue weighted by molar-refractivity contribution is 0.0678. The van der Waals surface area contributed by atoms with Crippen LogP contribution in [0.4, 0.5) is 0 Å². The molecular weight excluding hydrogens is 372 g/mol. The van der Waals surface area contributed by atoms with E-state index in [1.165, 1.54) is 19.4 Å². The Hall–Kier alpha value is -4.00. The van der Waals surface area contributed by atoms with E-state index in [0.717, 1.165) is 10.9 Å². The summed E-state index contributed by atoms with van der Waals surface area (Å²) in [6.45, 7) is 1.79. The molecule has 2 heterocycles. The normalized spacial score (nSPS) is 10.8. The van der Waals surface area contributed by atoms with Crippen LogP contribution in [0.2, 0.25) is 0 Å². The molecule has 2 aromatic heterocycles. The maximum absolute atomic E-state index is 12.8. The molecule has 4 aromatic rings. The molecule has 0 unspecified atom stereocenters. The molecule has 0 atom stereocenters. The number of esters is 1. The number of hydrogen-bond donors (Lipinski definition) is 1. The van der Waals surface area contributed by atoms with Crippen molar-refractivity contribution < 1.29 is 24.2 Å². The highest BCUT2D eigenvalue weighted by Gasteiger charge is 2.21. The van der Waals surface area contributed by atoms with Crippen LogP contribution in [0.15, 0.2) is 54.7 Å². The number of nitrogens with zero attached hydrogens (tertiary/aromatic N) is 2. The van der Waals surface area contributed by atoms with E-state index in [-0.39, 0.29) is 17.0 Å². The number of aromatic carboxylic acids is 1. The van der Waals surface area contributed by atoms with Crippen molar-refractivity contribution in [1.29, 1.82) is 0 Å². The molecule has 29 heavy (non-hydrogen) atoms. The summed E-state index contributed by atoms with van der Waals surface area (Å²) in [4.78, 5) is 33.0. The number of rotatable bonds is 4. The summed E-state index contributed by atoms with van der Waals surface area (Å²) in [5, 5.41) is 10.9. The van der Waals surface area contributed by atoms with Gasteiger partial charge in [-0.25, -0.2) is 14.6 Å². The molecule has 0 saturated carbocycles. The number of pyridine rings is 2. The second kappa shape index (κ2) is 7.20. The standard InChI is InChI=1S/C22H16N2O5/c1-12-15-5-3-4-6-19(15)23-11-17(12)22(27)29-20-16(21(25)26)10-13-9-14(28-2)7-8-18(13)24-20/h3-11H,1-2H3,(H,25,26). The maximum Gasteiger partial charge on any atom is 0.346 e. The number of aromatic nitrogens is 2. The molecule has 144 valence electrons. The van der Waals surface area contributed by atoms with Gasteiger partial charge in [0.25, 0.3) is 0 Å². The number of methoxy groups -OCH3 is 1. The van der Waals surface area contributed by atoms with Crippen LogP contribution in [0.5, 0.6) is 11.6 Å². The molecule has 0 fully saturated rings. The zero-order chi connectivity index (χ0) is 20.5. The summed E-state index contributed by atoms with van der Waals surface area (Å²) in [6.07, 6.45) is 1.42. The van der Waals surface area contributed by atoms with Crippen LogP contribution < -0.4 is 9.47 Å². The minimum atomic E-state index is -1.25. The number of ether oxygens (including phenoxy) is 2. The Labute approximate surface area is 165 Å². The van der Waals surface area contributed by atoms with Crippen molar-refractivity contribution in [2.24, 2.45) is 0 Å². The summed E-state index contributed by atoms with van der Waals surface area (Å²) in [5.41, 5.74) is 1.96. The first-order chi connectivity index (χ1) is 14.0. The molecule has 0 spiro atoms. The van der Waals surface area contributed by atoms with Gasteiger partial charge in [-0.05, 0) is 42.8 Å². The number of carboxylic acids is 1. The predicted molar refractivity (Wildman–Crippen MR) is 107 cm³/mol. The Morgan fingerprint density at radius 1 is 1.00 bits per heavy atom. The third-order valence-corrected chi connectivity index (χ3v) is 4.67. The van der Waals surface area contributed by atoms with Gasteiger partial charge in [-0.3, -0.25) is 4.98 Å². The lowest BCUT2D eigenvalue weighted by atomic mass is 10.1. The fourth-order valence-corrected chi connectivity index (χ4v) is 3.12. The Kier molecular flexibility index (Phi) is 4.56. The van der Waals surface area contributed by atoms with Crippen molar-refractivity contribution in [3.8, 4) is 11.6 Å². The molecule has 4 rings (SSSR count). The number of fused-ring (bicyclic) bond motifs is 2. The van der Waals surface area contributed by atoms with Crippen LogP contribution in [0.25, 0.3) is 21.8 Å². The van der Waals surface area contributed by atoms with Crippen LogP contribution >= 0.6 is 0 Å².